The monoisotopic (exact) mass is 365 g/mol. The molecule has 0 aliphatic rings. The SMILES string of the molecule is C.CCCCCCCCCCCC(C)C(=O)OCC[N+](C)(C)C.[Cl-]. The van der Waals surface area contributed by atoms with Crippen LogP contribution in [0.15, 0.2) is 0 Å². The van der Waals surface area contributed by atoms with Crippen molar-refractivity contribution in [2.24, 2.45) is 5.92 Å². The van der Waals surface area contributed by atoms with Gasteiger partial charge in [0.2, 0.25) is 0 Å². The molecule has 1 unspecified atom stereocenters. The number of esters is 1. The van der Waals surface area contributed by atoms with Crippen molar-refractivity contribution in [3.63, 3.8) is 0 Å². The van der Waals surface area contributed by atoms with Gasteiger partial charge in [0.05, 0.1) is 27.1 Å². The third kappa shape index (κ3) is 19.8. The minimum absolute atomic E-state index is 0. The van der Waals surface area contributed by atoms with Gasteiger partial charge in [-0.1, -0.05) is 79.1 Å². The highest BCUT2D eigenvalue weighted by molar-refractivity contribution is 5.71. The summed E-state index contributed by atoms with van der Waals surface area (Å²) in [6.07, 6.45) is 12.9. The molecule has 0 aromatic carbocycles. The van der Waals surface area contributed by atoms with Gasteiger partial charge in [-0.15, -0.1) is 0 Å². The van der Waals surface area contributed by atoms with Crippen LogP contribution in [-0.2, 0) is 9.53 Å². The second kappa shape index (κ2) is 17.5. The van der Waals surface area contributed by atoms with Crippen molar-refractivity contribution in [2.75, 3.05) is 34.3 Å². The summed E-state index contributed by atoms with van der Waals surface area (Å²) in [6, 6.07) is 0. The Labute approximate surface area is 158 Å². The van der Waals surface area contributed by atoms with E-state index in [1.165, 1.54) is 51.4 Å². The molecule has 3 nitrogen and oxygen atoms in total. The standard InChI is InChI=1S/C19H40NO2.CH4.ClH/c1-6-7-8-9-10-11-12-13-14-15-18(2)19(21)22-17-16-20(3,4)5;;/h18H,6-17H2,1-5H3;1H4;1H/q+1;;/p-1. The zero-order valence-electron chi connectivity index (χ0n) is 16.2. The van der Waals surface area contributed by atoms with Gasteiger partial charge in [-0.2, -0.15) is 0 Å². The molecule has 0 radical (unpaired) electrons. The smallest absolute Gasteiger partial charge is 0.308 e. The maximum atomic E-state index is 11.9. The molecule has 0 saturated carbocycles. The molecular formula is C20H44ClNO2. The lowest BCUT2D eigenvalue weighted by atomic mass is 10.0. The van der Waals surface area contributed by atoms with Crippen LogP contribution in [0.4, 0.5) is 0 Å². The van der Waals surface area contributed by atoms with E-state index in [4.69, 9.17) is 4.74 Å². The second-order valence-corrected chi connectivity index (χ2v) is 7.70. The summed E-state index contributed by atoms with van der Waals surface area (Å²) >= 11 is 0. The molecule has 24 heavy (non-hydrogen) atoms. The van der Waals surface area contributed by atoms with Crippen LogP contribution in [-0.4, -0.2) is 44.7 Å². The van der Waals surface area contributed by atoms with Gasteiger partial charge in [-0.25, -0.2) is 0 Å². The van der Waals surface area contributed by atoms with Crippen LogP contribution in [0.3, 0.4) is 0 Å². The molecule has 0 bridgehead atoms. The van der Waals surface area contributed by atoms with Gasteiger partial charge in [0.1, 0.15) is 13.2 Å². The van der Waals surface area contributed by atoms with Crippen molar-refractivity contribution in [1.29, 1.82) is 0 Å². The number of nitrogens with zero attached hydrogens (tertiary/aromatic N) is 1. The third-order valence-corrected chi connectivity index (χ3v) is 4.15. The van der Waals surface area contributed by atoms with E-state index in [2.05, 4.69) is 28.1 Å². The van der Waals surface area contributed by atoms with Crippen LogP contribution < -0.4 is 12.4 Å². The van der Waals surface area contributed by atoms with Gasteiger partial charge in [0.15, 0.2) is 0 Å². The minimum atomic E-state index is -0.0204. The van der Waals surface area contributed by atoms with Gasteiger partial charge >= 0.3 is 5.97 Å². The largest absolute Gasteiger partial charge is 1.00 e. The van der Waals surface area contributed by atoms with E-state index < -0.39 is 0 Å². The number of unbranched alkanes of at least 4 members (excludes halogenated alkanes) is 8. The molecule has 0 amide bonds. The van der Waals surface area contributed by atoms with E-state index in [9.17, 15) is 4.79 Å². The van der Waals surface area contributed by atoms with Crippen molar-refractivity contribution in [2.45, 2.75) is 85.5 Å². The third-order valence-electron chi connectivity index (χ3n) is 4.15. The number of quaternary nitrogens is 1. The minimum Gasteiger partial charge on any atom is -1.00 e. The van der Waals surface area contributed by atoms with Crippen LogP contribution in [0.2, 0.25) is 0 Å². The quantitative estimate of drug-likeness (QED) is 0.268. The number of rotatable bonds is 14. The Balaban J connectivity index is -0.00000220. The Hall–Kier alpha value is -0.280. The molecular weight excluding hydrogens is 322 g/mol. The summed E-state index contributed by atoms with van der Waals surface area (Å²) in [5.41, 5.74) is 0. The van der Waals surface area contributed by atoms with Crippen LogP contribution in [0.1, 0.15) is 85.5 Å². The summed E-state index contributed by atoms with van der Waals surface area (Å²) in [5, 5.41) is 0. The second-order valence-electron chi connectivity index (χ2n) is 7.70. The van der Waals surface area contributed by atoms with Crippen LogP contribution in [0.25, 0.3) is 0 Å². The highest BCUT2D eigenvalue weighted by Gasteiger charge is 2.15. The van der Waals surface area contributed by atoms with Gasteiger partial charge in [-0.05, 0) is 6.42 Å². The molecule has 0 saturated heterocycles. The van der Waals surface area contributed by atoms with E-state index in [0.717, 1.165) is 23.9 Å². The topological polar surface area (TPSA) is 26.3 Å². The molecule has 0 N–H and O–H groups in total. The van der Waals surface area contributed by atoms with Crippen molar-refractivity contribution >= 4 is 5.97 Å². The van der Waals surface area contributed by atoms with E-state index in [-0.39, 0.29) is 31.7 Å². The lowest BCUT2D eigenvalue weighted by Crippen LogP contribution is -3.00. The summed E-state index contributed by atoms with van der Waals surface area (Å²) in [4.78, 5) is 11.9. The molecule has 0 spiro atoms. The van der Waals surface area contributed by atoms with Crippen LogP contribution in [0, 0.1) is 5.92 Å². The zero-order chi connectivity index (χ0) is 16.8. The number of ether oxygens (including phenoxy) is 1. The molecule has 0 aliphatic heterocycles. The molecule has 0 aromatic heterocycles. The molecule has 0 fully saturated rings. The Kier molecular flexibility index (Phi) is 20.8. The van der Waals surface area contributed by atoms with Crippen molar-refractivity contribution in [1.82, 2.24) is 0 Å². The molecule has 148 valence electrons. The van der Waals surface area contributed by atoms with E-state index in [1.807, 2.05) is 6.92 Å². The van der Waals surface area contributed by atoms with E-state index in [0.29, 0.717) is 6.61 Å². The predicted octanol–water partition coefficient (Wildman–Crippen LogP) is 2.43. The fourth-order valence-electron chi connectivity index (χ4n) is 2.44. The summed E-state index contributed by atoms with van der Waals surface area (Å²) < 4.78 is 6.19. The molecule has 1 atom stereocenters. The lowest BCUT2D eigenvalue weighted by Gasteiger charge is -2.23. The Morgan fingerprint density at radius 3 is 1.83 bits per heavy atom. The Bertz CT molecular complexity index is 277. The van der Waals surface area contributed by atoms with E-state index in [1.54, 1.807) is 0 Å². The average molecular weight is 366 g/mol. The van der Waals surface area contributed by atoms with Crippen molar-refractivity contribution < 1.29 is 26.4 Å². The highest BCUT2D eigenvalue weighted by atomic mass is 35.5. The first-order chi connectivity index (χ1) is 10.4. The normalized spacial score (nSPS) is 12.0. The number of carbonyl (C=O) groups is 1. The maximum absolute atomic E-state index is 11.9. The Morgan fingerprint density at radius 2 is 1.38 bits per heavy atom. The van der Waals surface area contributed by atoms with Gasteiger partial charge in [0.25, 0.3) is 0 Å². The average Bonchev–Trinajstić information content (AvgIpc) is 2.43. The molecule has 0 rings (SSSR count). The number of carbonyl (C=O) groups excluding carboxylic acids is 1. The molecule has 4 heteroatoms. The first-order valence-electron chi connectivity index (χ1n) is 9.34. The number of halogens is 1. The summed E-state index contributed by atoms with van der Waals surface area (Å²) in [5.74, 6) is 0.0324. The molecule has 0 aromatic rings. The highest BCUT2D eigenvalue weighted by Crippen LogP contribution is 2.14. The van der Waals surface area contributed by atoms with Crippen molar-refractivity contribution in [3.05, 3.63) is 0 Å². The number of hydrogen-bond acceptors (Lipinski definition) is 2. The van der Waals surface area contributed by atoms with Gasteiger partial charge in [-0.3, -0.25) is 4.79 Å². The Morgan fingerprint density at radius 1 is 0.917 bits per heavy atom. The molecule has 0 heterocycles. The summed E-state index contributed by atoms with van der Waals surface area (Å²) in [6.45, 7) is 5.66. The van der Waals surface area contributed by atoms with E-state index >= 15 is 0 Å². The van der Waals surface area contributed by atoms with Crippen LogP contribution in [0.5, 0.6) is 0 Å². The fourth-order valence-corrected chi connectivity index (χ4v) is 2.44. The summed E-state index contributed by atoms with van der Waals surface area (Å²) in [7, 11) is 6.33. The molecule has 0 aliphatic carbocycles. The lowest BCUT2D eigenvalue weighted by molar-refractivity contribution is -0.870. The van der Waals surface area contributed by atoms with Gasteiger partial charge < -0.3 is 21.6 Å². The van der Waals surface area contributed by atoms with Crippen LogP contribution >= 0.6 is 0 Å². The maximum Gasteiger partial charge on any atom is 0.308 e. The zero-order valence-corrected chi connectivity index (χ0v) is 17.0. The first-order valence-corrected chi connectivity index (χ1v) is 9.34. The number of hydrogen-bond donors (Lipinski definition) is 0. The number of likely N-dealkylation sites (N-methyl/N-ethyl adjacent to an activating group) is 1. The van der Waals surface area contributed by atoms with Crippen molar-refractivity contribution in [3.8, 4) is 0 Å². The fraction of sp³-hybridized carbons (Fsp3) is 0.950. The predicted molar refractivity (Wildman–Crippen MR) is 102 cm³/mol. The van der Waals surface area contributed by atoms with Gasteiger partial charge in [0, 0.05) is 0 Å². The first kappa shape index (κ1) is 28.5.